The van der Waals surface area contributed by atoms with Crippen LogP contribution in [0.25, 0.3) is 20.7 Å². The quantitative estimate of drug-likeness (QED) is 0.461. The van der Waals surface area contributed by atoms with Gasteiger partial charge in [-0.05, 0) is 55.2 Å². The van der Waals surface area contributed by atoms with Crippen molar-refractivity contribution in [3.8, 4) is 10.4 Å². The monoisotopic (exact) mass is 378 g/mol. The number of nitrogens with zero attached hydrogens (tertiary/aromatic N) is 1. The van der Waals surface area contributed by atoms with Gasteiger partial charge in [0.25, 0.3) is 5.91 Å². The second-order valence-corrected chi connectivity index (χ2v) is 8.47. The first-order chi connectivity index (χ1) is 12.5. The summed E-state index contributed by atoms with van der Waals surface area (Å²) >= 11 is 3.03. The van der Waals surface area contributed by atoms with Crippen molar-refractivity contribution in [1.29, 1.82) is 0 Å². The van der Waals surface area contributed by atoms with Crippen molar-refractivity contribution in [3.63, 3.8) is 0 Å². The molecule has 0 aliphatic carbocycles. The Hall–Kier alpha value is -2.50. The van der Waals surface area contributed by atoms with Crippen LogP contribution in [0.4, 0.5) is 5.13 Å². The molecule has 0 saturated heterocycles. The van der Waals surface area contributed by atoms with Crippen molar-refractivity contribution in [1.82, 2.24) is 4.98 Å². The van der Waals surface area contributed by atoms with Crippen LogP contribution in [-0.4, -0.2) is 10.9 Å². The van der Waals surface area contributed by atoms with Gasteiger partial charge < -0.3 is 0 Å². The molecule has 0 radical (unpaired) electrons. The van der Waals surface area contributed by atoms with Gasteiger partial charge in [0, 0.05) is 4.88 Å². The van der Waals surface area contributed by atoms with E-state index in [-0.39, 0.29) is 5.91 Å². The van der Waals surface area contributed by atoms with Gasteiger partial charge in [-0.25, -0.2) is 4.98 Å². The average Bonchev–Trinajstić information content (AvgIpc) is 3.19. The van der Waals surface area contributed by atoms with Gasteiger partial charge in [-0.2, -0.15) is 0 Å². The van der Waals surface area contributed by atoms with Gasteiger partial charge in [0.2, 0.25) is 0 Å². The molecule has 2 aromatic heterocycles. The van der Waals surface area contributed by atoms with Crippen LogP contribution >= 0.6 is 22.7 Å². The largest absolute Gasteiger partial charge is 0.297 e. The number of thiazole rings is 1. The molecule has 1 amide bonds. The van der Waals surface area contributed by atoms with E-state index >= 15 is 0 Å². The van der Waals surface area contributed by atoms with Crippen LogP contribution in [0.5, 0.6) is 0 Å². The minimum atomic E-state index is -0.103. The van der Waals surface area contributed by atoms with Crippen molar-refractivity contribution in [3.05, 3.63) is 70.1 Å². The number of amides is 1. The Bertz CT molecular complexity index is 1110. The first-order valence-electron chi connectivity index (χ1n) is 8.36. The van der Waals surface area contributed by atoms with E-state index in [0.29, 0.717) is 10.0 Å². The standard InChI is InChI=1S/C21H18N2OS2/c1-12-9-13(2)18-16(10-12)26-21(22-18)23-20(24)17-11-14(3)19(25-17)15-7-5-4-6-8-15/h4-11H,1-3H3,(H,22,23,24). The third-order valence-corrected chi connectivity index (χ3v) is 6.43. The Balaban J connectivity index is 1.62. The summed E-state index contributed by atoms with van der Waals surface area (Å²) in [6.45, 7) is 6.17. The summed E-state index contributed by atoms with van der Waals surface area (Å²) in [6, 6.07) is 16.3. The number of aryl methyl sites for hydroxylation is 3. The van der Waals surface area contributed by atoms with Crippen molar-refractivity contribution in [2.75, 3.05) is 5.32 Å². The Labute approximate surface area is 160 Å². The molecule has 4 aromatic rings. The van der Waals surface area contributed by atoms with Gasteiger partial charge in [-0.1, -0.05) is 47.7 Å². The van der Waals surface area contributed by atoms with E-state index in [1.165, 1.54) is 28.2 Å². The van der Waals surface area contributed by atoms with E-state index in [0.717, 1.165) is 31.8 Å². The van der Waals surface area contributed by atoms with E-state index in [4.69, 9.17) is 0 Å². The number of thiophene rings is 1. The highest BCUT2D eigenvalue weighted by Crippen LogP contribution is 2.34. The first-order valence-corrected chi connectivity index (χ1v) is 9.99. The predicted molar refractivity (Wildman–Crippen MR) is 112 cm³/mol. The molecule has 0 fully saturated rings. The number of rotatable bonds is 3. The fourth-order valence-electron chi connectivity index (χ4n) is 3.05. The zero-order valence-electron chi connectivity index (χ0n) is 14.8. The van der Waals surface area contributed by atoms with Crippen molar-refractivity contribution in [2.45, 2.75) is 20.8 Å². The number of carbonyl (C=O) groups is 1. The molecular formula is C21H18N2OS2. The van der Waals surface area contributed by atoms with Gasteiger partial charge in [-0.3, -0.25) is 10.1 Å². The topological polar surface area (TPSA) is 42.0 Å². The Kier molecular flexibility index (Phi) is 4.34. The highest BCUT2D eigenvalue weighted by Gasteiger charge is 2.16. The van der Waals surface area contributed by atoms with Crippen LogP contribution in [0, 0.1) is 20.8 Å². The summed E-state index contributed by atoms with van der Waals surface area (Å²) in [4.78, 5) is 19.1. The predicted octanol–water partition coefficient (Wildman–Crippen LogP) is 6.20. The first kappa shape index (κ1) is 16.9. The lowest BCUT2D eigenvalue weighted by Gasteiger charge is -1.99. The fraction of sp³-hybridized carbons (Fsp3) is 0.143. The number of hydrogen-bond acceptors (Lipinski definition) is 4. The molecule has 1 N–H and O–H groups in total. The lowest BCUT2D eigenvalue weighted by atomic mass is 10.1. The van der Waals surface area contributed by atoms with Gasteiger partial charge in [0.05, 0.1) is 15.1 Å². The smallest absolute Gasteiger partial charge is 0.267 e. The number of fused-ring (bicyclic) bond motifs is 1. The maximum absolute atomic E-state index is 12.7. The number of benzene rings is 2. The third kappa shape index (κ3) is 3.16. The SMILES string of the molecule is Cc1cc(C)c2nc(NC(=O)c3cc(C)c(-c4ccccc4)s3)sc2c1. The lowest BCUT2D eigenvalue weighted by Crippen LogP contribution is -2.09. The molecule has 2 heterocycles. The summed E-state index contributed by atoms with van der Waals surface area (Å²) in [5.74, 6) is -0.103. The minimum Gasteiger partial charge on any atom is -0.297 e. The second kappa shape index (κ2) is 6.67. The molecule has 0 unspecified atom stereocenters. The second-order valence-electron chi connectivity index (χ2n) is 6.39. The summed E-state index contributed by atoms with van der Waals surface area (Å²) in [6.07, 6.45) is 0. The highest BCUT2D eigenvalue weighted by molar-refractivity contribution is 7.22. The van der Waals surface area contributed by atoms with E-state index in [1.54, 1.807) is 0 Å². The molecule has 0 atom stereocenters. The van der Waals surface area contributed by atoms with E-state index in [9.17, 15) is 4.79 Å². The number of anilines is 1. The molecule has 26 heavy (non-hydrogen) atoms. The Morgan fingerprint density at radius 3 is 2.50 bits per heavy atom. The maximum atomic E-state index is 12.7. The van der Waals surface area contributed by atoms with Crippen LogP contribution < -0.4 is 5.32 Å². The van der Waals surface area contributed by atoms with Crippen LogP contribution in [0.2, 0.25) is 0 Å². The number of nitrogens with one attached hydrogen (secondary N) is 1. The van der Waals surface area contributed by atoms with E-state index < -0.39 is 0 Å². The molecule has 4 rings (SSSR count). The van der Waals surface area contributed by atoms with Gasteiger partial charge in [0.1, 0.15) is 0 Å². The summed E-state index contributed by atoms with van der Waals surface area (Å²) in [5.41, 5.74) is 5.55. The molecule has 0 spiro atoms. The molecule has 3 nitrogen and oxygen atoms in total. The Morgan fingerprint density at radius 1 is 0.962 bits per heavy atom. The van der Waals surface area contributed by atoms with Crippen molar-refractivity contribution in [2.24, 2.45) is 0 Å². The van der Waals surface area contributed by atoms with Gasteiger partial charge >= 0.3 is 0 Å². The van der Waals surface area contributed by atoms with Gasteiger partial charge in [-0.15, -0.1) is 11.3 Å². The van der Waals surface area contributed by atoms with Crippen LogP contribution in [0.1, 0.15) is 26.4 Å². The number of aromatic nitrogens is 1. The van der Waals surface area contributed by atoms with Crippen LogP contribution in [0.3, 0.4) is 0 Å². The summed E-state index contributed by atoms with van der Waals surface area (Å²) in [5, 5.41) is 3.61. The van der Waals surface area contributed by atoms with Crippen LogP contribution in [0.15, 0.2) is 48.5 Å². The molecule has 130 valence electrons. The minimum absolute atomic E-state index is 0.103. The number of hydrogen-bond donors (Lipinski definition) is 1. The molecule has 0 aliphatic heterocycles. The van der Waals surface area contributed by atoms with Gasteiger partial charge in [0.15, 0.2) is 5.13 Å². The number of carbonyl (C=O) groups excluding carboxylic acids is 1. The van der Waals surface area contributed by atoms with Crippen LogP contribution in [-0.2, 0) is 0 Å². The lowest BCUT2D eigenvalue weighted by molar-refractivity contribution is 0.103. The summed E-state index contributed by atoms with van der Waals surface area (Å²) in [7, 11) is 0. The molecule has 0 aliphatic rings. The molecular weight excluding hydrogens is 360 g/mol. The molecule has 0 saturated carbocycles. The Morgan fingerprint density at radius 2 is 1.73 bits per heavy atom. The highest BCUT2D eigenvalue weighted by atomic mass is 32.1. The zero-order valence-corrected chi connectivity index (χ0v) is 16.4. The summed E-state index contributed by atoms with van der Waals surface area (Å²) < 4.78 is 1.10. The zero-order chi connectivity index (χ0) is 18.3. The fourth-order valence-corrected chi connectivity index (χ4v) is 5.16. The third-order valence-electron chi connectivity index (χ3n) is 4.23. The maximum Gasteiger partial charge on any atom is 0.267 e. The molecule has 5 heteroatoms. The van der Waals surface area contributed by atoms with Crippen molar-refractivity contribution < 1.29 is 4.79 Å². The van der Waals surface area contributed by atoms with Crippen molar-refractivity contribution >= 4 is 43.9 Å². The average molecular weight is 379 g/mol. The molecule has 2 aromatic carbocycles. The molecule has 0 bridgehead atoms. The van der Waals surface area contributed by atoms with E-state index in [2.05, 4.69) is 48.4 Å². The normalized spacial score (nSPS) is 11.0. The van der Waals surface area contributed by atoms with E-state index in [1.807, 2.05) is 31.2 Å².